The minimum Gasteiger partial charge on any atom is -0.264 e. The van der Waals surface area contributed by atoms with Crippen molar-refractivity contribution in [2.24, 2.45) is 0 Å². The Bertz CT molecular complexity index is 295. The van der Waals surface area contributed by atoms with Gasteiger partial charge < -0.3 is 0 Å². The van der Waals surface area contributed by atoms with E-state index in [1.807, 2.05) is 0 Å². The first-order chi connectivity index (χ1) is 5.70. The van der Waals surface area contributed by atoms with Crippen LogP contribution in [0.5, 0.6) is 0 Å². The van der Waals surface area contributed by atoms with E-state index in [4.69, 9.17) is 0 Å². The Kier molecular flexibility index (Phi) is 3.48. The predicted molar refractivity (Wildman–Crippen MR) is 49.7 cm³/mol. The molecule has 1 rings (SSSR count). The van der Waals surface area contributed by atoms with Crippen LogP contribution in [0.25, 0.3) is 0 Å². The van der Waals surface area contributed by atoms with Gasteiger partial charge in [-0.3, -0.25) is 10.1 Å². The standard InChI is InChI=1S/C6H5BrN2O2S/c7-5-2-1-3-8-6(5)12-4-9(10)11/h1-3H,4H2. The van der Waals surface area contributed by atoms with Crippen LogP contribution in [0.1, 0.15) is 0 Å². The van der Waals surface area contributed by atoms with Gasteiger partial charge >= 0.3 is 0 Å². The van der Waals surface area contributed by atoms with Gasteiger partial charge in [-0.1, -0.05) is 0 Å². The van der Waals surface area contributed by atoms with E-state index in [9.17, 15) is 10.1 Å². The van der Waals surface area contributed by atoms with E-state index in [1.165, 1.54) is 0 Å². The summed E-state index contributed by atoms with van der Waals surface area (Å²) < 4.78 is 0.789. The molecule has 4 nitrogen and oxygen atoms in total. The monoisotopic (exact) mass is 248 g/mol. The van der Waals surface area contributed by atoms with E-state index in [0.29, 0.717) is 5.03 Å². The first kappa shape index (κ1) is 9.47. The van der Waals surface area contributed by atoms with Gasteiger partial charge in [0.1, 0.15) is 5.03 Å². The average molecular weight is 249 g/mol. The predicted octanol–water partition coefficient (Wildman–Crippen LogP) is 2.17. The summed E-state index contributed by atoms with van der Waals surface area (Å²) in [6, 6.07) is 3.57. The second-order valence-electron chi connectivity index (χ2n) is 1.90. The second-order valence-corrected chi connectivity index (χ2v) is 3.68. The molecule has 0 atom stereocenters. The number of hydrogen-bond acceptors (Lipinski definition) is 4. The summed E-state index contributed by atoms with van der Waals surface area (Å²) in [5.74, 6) is -0.157. The molecule has 0 aliphatic heterocycles. The molecule has 0 aliphatic rings. The lowest BCUT2D eigenvalue weighted by atomic mass is 10.5. The zero-order chi connectivity index (χ0) is 8.97. The van der Waals surface area contributed by atoms with Crippen LogP contribution in [0.3, 0.4) is 0 Å². The quantitative estimate of drug-likeness (QED) is 0.356. The van der Waals surface area contributed by atoms with Gasteiger partial charge in [-0.15, -0.1) is 0 Å². The molecule has 0 bridgehead atoms. The SMILES string of the molecule is O=[N+]([O-])CSc1ncccc1Br. The van der Waals surface area contributed by atoms with Crippen LogP contribution in [0.15, 0.2) is 27.8 Å². The molecule has 0 radical (unpaired) electrons. The van der Waals surface area contributed by atoms with Crippen molar-refractivity contribution in [1.82, 2.24) is 4.98 Å². The van der Waals surface area contributed by atoms with Gasteiger partial charge in [0.15, 0.2) is 0 Å². The molecule has 0 aromatic carbocycles. The minimum absolute atomic E-state index is 0.157. The van der Waals surface area contributed by atoms with Crippen molar-refractivity contribution in [2.75, 3.05) is 5.88 Å². The molecule has 0 aliphatic carbocycles. The average Bonchev–Trinajstić information content (AvgIpc) is 2.03. The Morgan fingerprint density at radius 3 is 3.08 bits per heavy atom. The molecule has 1 heterocycles. The summed E-state index contributed by atoms with van der Waals surface area (Å²) in [5.41, 5.74) is 0. The summed E-state index contributed by atoms with van der Waals surface area (Å²) in [5, 5.41) is 10.7. The van der Waals surface area contributed by atoms with Crippen LogP contribution < -0.4 is 0 Å². The molecule has 0 unspecified atom stereocenters. The van der Waals surface area contributed by atoms with E-state index < -0.39 is 0 Å². The van der Waals surface area contributed by atoms with Crippen molar-refractivity contribution in [3.63, 3.8) is 0 Å². The van der Waals surface area contributed by atoms with Crippen molar-refractivity contribution >= 4 is 27.7 Å². The first-order valence-electron chi connectivity index (χ1n) is 3.05. The van der Waals surface area contributed by atoms with Crippen LogP contribution in [0.2, 0.25) is 0 Å². The molecule has 1 aromatic rings. The largest absolute Gasteiger partial charge is 0.264 e. The van der Waals surface area contributed by atoms with E-state index in [-0.39, 0.29) is 10.8 Å². The third-order valence-corrected chi connectivity index (χ3v) is 2.87. The van der Waals surface area contributed by atoms with Gasteiger partial charge in [-0.05, 0) is 39.8 Å². The minimum atomic E-state index is -0.383. The molecule has 0 amide bonds. The fourth-order valence-electron chi connectivity index (χ4n) is 0.591. The third-order valence-electron chi connectivity index (χ3n) is 1.03. The Labute approximate surface area is 81.7 Å². The van der Waals surface area contributed by atoms with Crippen LogP contribution >= 0.6 is 27.7 Å². The van der Waals surface area contributed by atoms with Gasteiger partial charge in [-0.25, -0.2) is 4.98 Å². The topological polar surface area (TPSA) is 56.0 Å². The van der Waals surface area contributed by atoms with Crippen molar-refractivity contribution in [3.8, 4) is 0 Å². The fraction of sp³-hybridized carbons (Fsp3) is 0.167. The lowest BCUT2D eigenvalue weighted by Gasteiger charge is -1.97. The maximum Gasteiger partial charge on any atom is 0.255 e. The Morgan fingerprint density at radius 1 is 1.75 bits per heavy atom. The van der Waals surface area contributed by atoms with E-state index in [1.54, 1.807) is 18.3 Å². The van der Waals surface area contributed by atoms with Crippen molar-refractivity contribution in [1.29, 1.82) is 0 Å². The van der Waals surface area contributed by atoms with Gasteiger partial charge in [-0.2, -0.15) is 0 Å². The first-order valence-corrected chi connectivity index (χ1v) is 4.83. The molecule has 12 heavy (non-hydrogen) atoms. The Balaban J connectivity index is 2.63. The highest BCUT2D eigenvalue weighted by molar-refractivity contribution is 9.10. The normalized spacial score (nSPS) is 9.75. The van der Waals surface area contributed by atoms with Crippen LogP contribution in [0, 0.1) is 10.1 Å². The number of hydrogen-bond donors (Lipinski definition) is 0. The number of halogens is 1. The number of nitro groups is 1. The van der Waals surface area contributed by atoms with Gasteiger partial charge in [0.2, 0.25) is 0 Å². The Hall–Kier alpha value is -0.620. The molecule has 0 fully saturated rings. The maximum atomic E-state index is 10.0. The number of rotatable bonds is 3. The van der Waals surface area contributed by atoms with E-state index in [2.05, 4.69) is 20.9 Å². The molecule has 64 valence electrons. The maximum absolute atomic E-state index is 10.0. The van der Waals surface area contributed by atoms with Gasteiger partial charge in [0, 0.05) is 11.1 Å². The molecule has 1 aromatic heterocycles. The summed E-state index contributed by atoms with van der Waals surface area (Å²) in [6.07, 6.45) is 1.60. The summed E-state index contributed by atoms with van der Waals surface area (Å²) >= 11 is 4.34. The molecular formula is C6H5BrN2O2S. The summed E-state index contributed by atoms with van der Waals surface area (Å²) in [6.45, 7) is 0. The third kappa shape index (κ3) is 2.78. The summed E-state index contributed by atoms with van der Waals surface area (Å²) in [7, 11) is 0. The smallest absolute Gasteiger partial charge is 0.255 e. The lowest BCUT2D eigenvalue weighted by molar-refractivity contribution is -0.456. The van der Waals surface area contributed by atoms with Crippen molar-refractivity contribution in [2.45, 2.75) is 5.03 Å². The van der Waals surface area contributed by atoms with Crippen molar-refractivity contribution < 1.29 is 4.92 Å². The van der Waals surface area contributed by atoms with Crippen LogP contribution in [0.4, 0.5) is 0 Å². The highest BCUT2D eigenvalue weighted by Gasteiger charge is 2.04. The number of nitrogens with zero attached hydrogens (tertiary/aromatic N) is 2. The van der Waals surface area contributed by atoms with Crippen LogP contribution in [-0.4, -0.2) is 15.8 Å². The van der Waals surface area contributed by atoms with Gasteiger partial charge in [0.05, 0.1) is 4.47 Å². The zero-order valence-electron chi connectivity index (χ0n) is 5.94. The second kappa shape index (κ2) is 4.42. The summed E-state index contributed by atoms with van der Waals surface area (Å²) in [4.78, 5) is 13.6. The Morgan fingerprint density at radius 2 is 2.50 bits per heavy atom. The zero-order valence-corrected chi connectivity index (χ0v) is 8.34. The number of aromatic nitrogens is 1. The number of thioether (sulfide) groups is 1. The molecule has 0 saturated heterocycles. The molecule has 0 N–H and O–H groups in total. The molecule has 6 heteroatoms. The highest BCUT2D eigenvalue weighted by atomic mass is 79.9. The van der Waals surface area contributed by atoms with E-state index >= 15 is 0 Å². The van der Waals surface area contributed by atoms with E-state index in [0.717, 1.165) is 16.2 Å². The highest BCUT2D eigenvalue weighted by Crippen LogP contribution is 2.23. The van der Waals surface area contributed by atoms with Crippen LogP contribution in [-0.2, 0) is 0 Å². The number of pyridine rings is 1. The molecular weight excluding hydrogens is 244 g/mol. The fourth-order valence-corrected chi connectivity index (χ4v) is 1.76. The molecule has 0 saturated carbocycles. The molecule has 0 spiro atoms. The lowest BCUT2D eigenvalue weighted by Crippen LogP contribution is -1.96. The van der Waals surface area contributed by atoms with Crippen molar-refractivity contribution in [3.05, 3.63) is 32.9 Å². The van der Waals surface area contributed by atoms with Gasteiger partial charge in [0.25, 0.3) is 5.88 Å².